The molecule has 0 spiro atoms. The van der Waals surface area contributed by atoms with Crippen LogP contribution in [0.1, 0.15) is 17.3 Å². The van der Waals surface area contributed by atoms with Crippen molar-refractivity contribution in [2.24, 2.45) is 0 Å². The van der Waals surface area contributed by atoms with Gasteiger partial charge in [-0.15, -0.1) is 0 Å². The van der Waals surface area contributed by atoms with Gasteiger partial charge in [0.15, 0.2) is 0 Å². The Kier molecular flexibility index (Phi) is 6.10. The topological polar surface area (TPSA) is 65.9 Å². The zero-order valence-electron chi connectivity index (χ0n) is 12.4. The molecule has 0 radical (unpaired) electrons. The van der Waals surface area contributed by atoms with Crippen LogP contribution >= 0.6 is 0 Å². The fourth-order valence-corrected chi connectivity index (χ4v) is 2.42. The Morgan fingerprint density at radius 2 is 2.00 bits per heavy atom. The van der Waals surface area contributed by atoms with Crippen LogP contribution in [-0.2, 0) is 4.74 Å². The minimum atomic E-state index is -0.465. The number of nitrogens with zero attached hydrogens (tertiary/aromatic N) is 3. The van der Waals surface area contributed by atoms with E-state index in [9.17, 15) is 9.90 Å². The summed E-state index contributed by atoms with van der Waals surface area (Å²) < 4.78 is 5.21. The maximum atomic E-state index is 12.3. The molecule has 1 aliphatic rings. The zero-order chi connectivity index (χ0) is 15.1. The van der Waals surface area contributed by atoms with Gasteiger partial charge in [-0.3, -0.25) is 14.7 Å². The Balaban J connectivity index is 1.77. The highest BCUT2D eigenvalue weighted by Crippen LogP contribution is 2.08. The molecule has 2 rings (SSSR count). The van der Waals surface area contributed by atoms with Crippen molar-refractivity contribution in [3.63, 3.8) is 0 Å². The van der Waals surface area contributed by atoms with Gasteiger partial charge in [-0.05, 0) is 19.1 Å². The van der Waals surface area contributed by atoms with Crippen molar-refractivity contribution in [1.29, 1.82) is 0 Å². The van der Waals surface area contributed by atoms with Gasteiger partial charge in [0.25, 0.3) is 5.91 Å². The third-order valence-corrected chi connectivity index (χ3v) is 3.57. The number of piperazine rings is 1. The quantitative estimate of drug-likeness (QED) is 0.814. The van der Waals surface area contributed by atoms with Crippen LogP contribution in [0.4, 0.5) is 0 Å². The molecule has 0 saturated carbocycles. The van der Waals surface area contributed by atoms with Gasteiger partial charge in [-0.2, -0.15) is 0 Å². The Labute approximate surface area is 125 Å². The number of β-amino-alcohol motifs (C(OH)–C–C–N with tert-alkyl or cyclic N) is 1. The normalized spacial score (nSPS) is 17.7. The maximum absolute atomic E-state index is 12.3. The molecule has 0 aliphatic carbocycles. The molecule has 6 heteroatoms. The number of carbonyl (C=O) groups excluding carboxylic acids is 1. The average molecular weight is 293 g/mol. The molecule has 0 unspecified atom stereocenters. The number of ether oxygens (including phenoxy) is 1. The molecule has 1 amide bonds. The van der Waals surface area contributed by atoms with E-state index < -0.39 is 6.10 Å². The summed E-state index contributed by atoms with van der Waals surface area (Å²) in [4.78, 5) is 20.2. The van der Waals surface area contributed by atoms with Gasteiger partial charge >= 0.3 is 0 Å². The molecule has 1 atom stereocenters. The lowest BCUT2D eigenvalue weighted by Gasteiger charge is -2.35. The molecule has 0 aromatic carbocycles. The van der Waals surface area contributed by atoms with E-state index in [1.807, 2.05) is 11.8 Å². The summed E-state index contributed by atoms with van der Waals surface area (Å²) in [6.45, 7) is 6.41. The van der Waals surface area contributed by atoms with Gasteiger partial charge in [0.2, 0.25) is 0 Å². The Morgan fingerprint density at radius 3 is 2.62 bits per heavy atom. The molecular weight excluding hydrogens is 270 g/mol. The number of rotatable bonds is 6. The molecule has 1 aliphatic heterocycles. The molecule has 21 heavy (non-hydrogen) atoms. The van der Waals surface area contributed by atoms with Crippen LogP contribution in [0.5, 0.6) is 0 Å². The first kappa shape index (κ1) is 15.9. The van der Waals surface area contributed by atoms with Crippen LogP contribution in [0.3, 0.4) is 0 Å². The van der Waals surface area contributed by atoms with Crippen molar-refractivity contribution in [3.05, 3.63) is 30.1 Å². The number of amides is 1. The van der Waals surface area contributed by atoms with Crippen molar-refractivity contribution < 1.29 is 14.6 Å². The Hall–Kier alpha value is -1.50. The molecular formula is C15H23N3O3. The zero-order valence-corrected chi connectivity index (χ0v) is 12.4. The lowest BCUT2D eigenvalue weighted by Crippen LogP contribution is -2.50. The third-order valence-electron chi connectivity index (χ3n) is 3.57. The smallest absolute Gasteiger partial charge is 0.254 e. The van der Waals surface area contributed by atoms with Crippen LogP contribution < -0.4 is 0 Å². The fourth-order valence-electron chi connectivity index (χ4n) is 2.42. The third kappa shape index (κ3) is 4.77. The van der Waals surface area contributed by atoms with E-state index in [0.29, 0.717) is 38.4 Å². The summed E-state index contributed by atoms with van der Waals surface area (Å²) in [6, 6.07) is 3.47. The standard InChI is InChI=1S/C15H23N3O3/c1-2-21-12-14(19)11-17-7-9-18(10-8-17)15(20)13-3-5-16-6-4-13/h3-6,14,19H,2,7-12H2,1H3/t14-/m1/s1. The second-order valence-electron chi connectivity index (χ2n) is 5.14. The molecule has 1 aromatic heterocycles. The first-order chi connectivity index (χ1) is 10.2. The number of aliphatic hydroxyl groups is 1. The molecule has 1 N–H and O–H groups in total. The minimum Gasteiger partial charge on any atom is -0.389 e. The summed E-state index contributed by atoms with van der Waals surface area (Å²) in [6.07, 6.45) is 2.80. The minimum absolute atomic E-state index is 0.0481. The van der Waals surface area contributed by atoms with Crippen LogP contribution in [0.25, 0.3) is 0 Å². The lowest BCUT2D eigenvalue weighted by atomic mass is 10.2. The molecule has 1 aromatic rings. The second kappa shape index (κ2) is 8.07. The first-order valence-corrected chi connectivity index (χ1v) is 7.38. The number of aromatic nitrogens is 1. The van der Waals surface area contributed by atoms with Crippen molar-refractivity contribution in [1.82, 2.24) is 14.8 Å². The van der Waals surface area contributed by atoms with E-state index >= 15 is 0 Å². The van der Waals surface area contributed by atoms with Crippen molar-refractivity contribution in [2.75, 3.05) is 45.9 Å². The monoisotopic (exact) mass is 293 g/mol. The highest BCUT2D eigenvalue weighted by molar-refractivity contribution is 5.94. The predicted molar refractivity (Wildman–Crippen MR) is 79.1 cm³/mol. The highest BCUT2D eigenvalue weighted by atomic mass is 16.5. The van der Waals surface area contributed by atoms with Crippen molar-refractivity contribution in [2.45, 2.75) is 13.0 Å². The van der Waals surface area contributed by atoms with E-state index in [0.717, 1.165) is 13.1 Å². The van der Waals surface area contributed by atoms with Gasteiger partial charge < -0.3 is 14.7 Å². The summed E-state index contributed by atoms with van der Waals surface area (Å²) in [7, 11) is 0. The van der Waals surface area contributed by atoms with Gasteiger partial charge in [0.05, 0.1) is 12.7 Å². The molecule has 2 heterocycles. The van der Waals surface area contributed by atoms with E-state index in [2.05, 4.69) is 9.88 Å². The molecule has 1 fully saturated rings. The van der Waals surface area contributed by atoms with Crippen LogP contribution in [0.15, 0.2) is 24.5 Å². The van der Waals surface area contributed by atoms with E-state index in [1.165, 1.54) is 0 Å². The molecule has 0 bridgehead atoms. The average Bonchev–Trinajstić information content (AvgIpc) is 2.54. The Morgan fingerprint density at radius 1 is 1.33 bits per heavy atom. The van der Waals surface area contributed by atoms with Gasteiger partial charge in [-0.25, -0.2) is 0 Å². The SMILES string of the molecule is CCOC[C@H](O)CN1CCN(C(=O)c2ccncc2)CC1. The molecule has 6 nitrogen and oxygen atoms in total. The van der Waals surface area contributed by atoms with Crippen LogP contribution in [0, 0.1) is 0 Å². The Bertz CT molecular complexity index is 433. The number of aliphatic hydroxyl groups excluding tert-OH is 1. The summed E-state index contributed by atoms with van der Waals surface area (Å²) in [5, 5.41) is 9.83. The molecule has 1 saturated heterocycles. The van der Waals surface area contributed by atoms with E-state index in [4.69, 9.17) is 4.74 Å². The van der Waals surface area contributed by atoms with Gasteiger partial charge in [0, 0.05) is 57.3 Å². The van der Waals surface area contributed by atoms with Gasteiger partial charge in [-0.1, -0.05) is 0 Å². The maximum Gasteiger partial charge on any atom is 0.254 e. The fraction of sp³-hybridized carbons (Fsp3) is 0.600. The highest BCUT2D eigenvalue weighted by Gasteiger charge is 2.23. The number of hydrogen-bond donors (Lipinski definition) is 1. The largest absolute Gasteiger partial charge is 0.389 e. The number of pyridine rings is 1. The van der Waals surface area contributed by atoms with Crippen LogP contribution in [0.2, 0.25) is 0 Å². The summed E-state index contributed by atoms with van der Waals surface area (Å²) in [5.41, 5.74) is 0.676. The van der Waals surface area contributed by atoms with Crippen molar-refractivity contribution in [3.8, 4) is 0 Å². The summed E-state index contributed by atoms with van der Waals surface area (Å²) in [5.74, 6) is 0.0481. The van der Waals surface area contributed by atoms with Gasteiger partial charge in [0.1, 0.15) is 0 Å². The summed E-state index contributed by atoms with van der Waals surface area (Å²) >= 11 is 0. The first-order valence-electron chi connectivity index (χ1n) is 7.38. The lowest BCUT2D eigenvalue weighted by molar-refractivity contribution is 0.0111. The van der Waals surface area contributed by atoms with Crippen molar-refractivity contribution >= 4 is 5.91 Å². The van der Waals surface area contributed by atoms with E-state index in [1.54, 1.807) is 24.5 Å². The van der Waals surface area contributed by atoms with Crippen LogP contribution in [-0.4, -0.2) is 77.8 Å². The predicted octanol–water partition coefficient (Wildman–Crippen LogP) is 0.237. The van der Waals surface area contributed by atoms with E-state index in [-0.39, 0.29) is 5.91 Å². The number of carbonyl (C=O) groups is 1. The number of hydrogen-bond acceptors (Lipinski definition) is 5. The molecule has 116 valence electrons. The second-order valence-corrected chi connectivity index (χ2v) is 5.14.